The summed E-state index contributed by atoms with van der Waals surface area (Å²) in [5.41, 5.74) is 0.606. The lowest BCUT2D eigenvalue weighted by Gasteiger charge is -2.06. The predicted octanol–water partition coefficient (Wildman–Crippen LogP) is 1.77. The van der Waals surface area contributed by atoms with Gasteiger partial charge in [0, 0.05) is 18.7 Å². The van der Waals surface area contributed by atoms with Crippen molar-refractivity contribution in [1.82, 2.24) is 5.32 Å². The van der Waals surface area contributed by atoms with E-state index in [-0.39, 0.29) is 5.97 Å². The molecule has 0 saturated heterocycles. The van der Waals surface area contributed by atoms with Gasteiger partial charge in [-0.2, -0.15) is 0 Å². The van der Waals surface area contributed by atoms with Crippen LogP contribution < -0.4 is 10.1 Å². The highest BCUT2D eigenvalue weighted by atomic mass is 16.5. The van der Waals surface area contributed by atoms with E-state index in [1.165, 1.54) is 7.11 Å². The number of carbonyl (C=O) groups is 1. The van der Waals surface area contributed by atoms with Crippen LogP contribution in [0.1, 0.15) is 6.92 Å². The number of carbonyl (C=O) groups excluding carboxylic acids is 1. The number of hydrogen-bond donors (Lipinski definition) is 1. The molecule has 1 aromatic carbocycles. The molecule has 1 N–H and O–H groups in total. The normalized spacial score (nSPS) is 11.1. The van der Waals surface area contributed by atoms with Crippen LogP contribution in [0.3, 0.4) is 0 Å². The largest absolute Gasteiger partial charge is 0.492 e. The van der Waals surface area contributed by atoms with Gasteiger partial charge in [-0.05, 0) is 19.1 Å². The minimum Gasteiger partial charge on any atom is -0.492 e. The second kappa shape index (κ2) is 8.31. The zero-order chi connectivity index (χ0) is 13.2. The van der Waals surface area contributed by atoms with E-state index in [0.717, 1.165) is 12.3 Å². The summed E-state index contributed by atoms with van der Waals surface area (Å²) >= 11 is 0. The van der Waals surface area contributed by atoms with Crippen molar-refractivity contribution in [3.63, 3.8) is 0 Å². The summed E-state index contributed by atoms with van der Waals surface area (Å²) in [4.78, 5) is 11.1. The highest BCUT2D eigenvalue weighted by Crippen LogP contribution is 2.07. The summed E-state index contributed by atoms with van der Waals surface area (Å²) in [6.45, 7) is 3.67. The molecule has 0 saturated carbocycles. The van der Waals surface area contributed by atoms with Crippen LogP contribution >= 0.6 is 0 Å². The van der Waals surface area contributed by atoms with Crippen molar-refractivity contribution < 1.29 is 14.3 Å². The molecule has 0 aromatic heterocycles. The summed E-state index contributed by atoms with van der Waals surface area (Å²) in [6, 6.07) is 9.66. The highest BCUT2D eigenvalue weighted by Gasteiger charge is 2.00. The Morgan fingerprint density at radius 1 is 1.33 bits per heavy atom. The van der Waals surface area contributed by atoms with E-state index < -0.39 is 0 Å². The molecule has 0 radical (unpaired) electrons. The zero-order valence-electron chi connectivity index (χ0n) is 10.8. The third kappa shape index (κ3) is 5.50. The van der Waals surface area contributed by atoms with E-state index in [4.69, 9.17) is 4.74 Å². The Labute approximate surface area is 108 Å². The molecule has 0 spiro atoms. The number of rotatable bonds is 7. The fourth-order valence-electron chi connectivity index (χ4n) is 1.33. The molecule has 4 nitrogen and oxygen atoms in total. The molecular formula is C14H19NO3. The maximum atomic E-state index is 11.1. The molecule has 0 fully saturated rings. The number of methoxy groups -OCH3 is 1. The van der Waals surface area contributed by atoms with Gasteiger partial charge in [0.15, 0.2) is 0 Å². The Hall–Kier alpha value is -1.81. The minimum atomic E-state index is -0.294. The van der Waals surface area contributed by atoms with Crippen molar-refractivity contribution in [2.75, 3.05) is 26.8 Å². The lowest BCUT2D eigenvalue weighted by Crippen LogP contribution is -2.21. The van der Waals surface area contributed by atoms with Gasteiger partial charge in [0.2, 0.25) is 0 Å². The molecule has 1 rings (SSSR count). The first-order valence-electron chi connectivity index (χ1n) is 5.87. The molecular weight excluding hydrogens is 230 g/mol. The Morgan fingerprint density at radius 3 is 2.72 bits per heavy atom. The van der Waals surface area contributed by atoms with Gasteiger partial charge >= 0.3 is 5.97 Å². The van der Waals surface area contributed by atoms with Gasteiger partial charge < -0.3 is 14.8 Å². The maximum Gasteiger partial charge on any atom is 0.333 e. The highest BCUT2D eigenvalue weighted by molar-refractivity contribution is 5.87. The smallest absolute Gasteiger partial charge is 0.333 e. The molecule has 0 aliphatic carbocycles. The maximum absolute atomic E-state index is 11.1. The standard InChI is InChI=1S/C14H19NO3/c1-12(14(16)17-2)8-9-15-10-11-18-13-6-4-3-5-7-13/h3-8,15H,9-11H2,1-2H3/b12-8+. The van der Waals surface area contributed by atoms with E-state index in [9.17, 15) is 4.79 Å². The summed E-state index contributed by atoms with van der Waals surface area (Å²) in [5.74, 6) is 0.568. The van der Waals surface area contributed by atoms with Gasteiger partial charge in [0.1, 0.15) is 12.4 Å². The van der Waals surface area contributed by atoms with Crippen LogP contribution in [-0.2, 0) is 9.53 Å². The second-order valence-electron chi connectivity index (χ2n) is 3.74. The van der Waals surface area contributed by atoms with Crippen LogP contribution in [0.25, 0.3) is 0 Å². The monoisotopic (exact) mass is 249 g/mol. The fourth-order valence-corrected chi connectivity index (χ4v) is 1.33. The van der Waals surface area contributed by atoms with E-state index in [0.29, 0.717) is 18.7 Å². The van der Waals surface area contributed by atoms with Gasteiger partial charge in [-0.25, -0.2) is 4.79 Å². The van der Waals surface area contributed by atoms with Crippen molar-refractivity contribution in [2.24, 2.45) is 0 Å². The van der Waals surface area contributed by atoms with Crippen LogP contribution in [-0.4, -0.2) is 32.8 Å². The number of ether oxygens (including phenoxy) is 2. The van der Waals surface area contributed by atoms with E-state index in [1.807, 2.05) is 30.3 Å². The van der Waals surface area contributed by atoms with Gasteiger partial charge in [-0.1, -0.05) is 24.3 Å². The lowest BCUT2D eigenvalue weighted by molar-refractivity contribution is -0.136. The van der Waals surface area contributed by atoms with Crippen LogP contribution in [0.5, 0.6) is 5.75 Å². The van der Waals surface area contributed by atoms with Gasteiger partial charge in [0.05, 0.1) is 7.11 Å². The molecule has 0 unspecified atom stereocenters. The average molecular weight is 249 g/mol. The summed E-state index contributed by atoms with van der Waals surface area (Å²) in [5, 5.41) is 3.16. The van der Waals surface area contributed by atoms with Crippen molar-refractivity contribution in [1.29, 1.82) is 0 Å². The third-order valence-corrected chi connectivity index (χ3v) is 2.35. The summed E-state index contributed by atoms with van der Waals surface area (Å²) in [7, 11) is 1.38. The van der Waals surface area contributed by atoms with Crippen molar-refractivity contribution in [3.05, 3.63) is 42.0 Å². The first kappa shape index (κ1) is 14.3. The van der Waals surface area contributed by atoms with Gasteiger partial charge in [-0.15, -0.1) is 0 Å². The Balaban J connectivity index is 2.11. The van der Waals surface area contributed by atoms with E-state index >= 15 is 0 Å². The van der Waals surface area contributed by atoms with E-state index in [2.05, 4.69) is 10.1 Å². The van der Waals surface area contributed by atoms with Crippen molar-refractivity contribution >= 4 is 5.97 Å². The van der Waals surface area contributed by atoms with Gasteiger partial charge in [0.25, 0.3) is 0 Å². The summed E-state index contributed by atoms with van der Waals surface area (Å²) in [6.07, 6.45) is 1.80. The summed E-state index contributed by atoms with van der Waals surface area (Å²) < 4.78 is 10.1. The third-order valence-electron chi connectivity index (χ3n) is 2.35. The van der Waals surface area contributed by atoms with Crippen LogP contribution in [0.4, 0.5) is 0 Å². The molecule has 18 heavy (non-hydrogen) atoms. The Bertz CT molecular complexity index is 387. The zero-order valence-corrected chi connectivity index (χ0v) is 10.8. The Kier molecular flexibility index (Phi) is 6.58. The molecule has 0 bridgehead atoms. The van der Waals surface area contributed by atoms with Crippen LogP contribution in [0.15, 0.2) is 42.0 Å². The molecule has 0 aliphatic heterocycles. The number of hydrogen-bond acceptors (Lipinski definition) is 4. The predicted molar refractivity (Wildman–Crippen MR) is 70.6 cm³/mol. The molecule has 98 valence electrons. The molecule has 0 aliphatic rings. The number of benzene rings is 1. The molecule has 4 heteroatoms. The lowest BCUT2D eigenvalue weighted by atomic mass is 10.3. The quantitative estimate of drug-likeness (QED) is 0.454. The van der Waals surface area contributed by atoms with Crippen LogP contribution in [0.2, 0.25) is 0 Å². The molecule has 0 amide bonds. The minimum absolute atomic E-state index is 0.294. The van der Waals surface area contributed by atoms with Crippen molar-refractivity contribution in [3.8, 4) is 5.75 Å². The van der Waals surface area contributed by atoms with E-state index in [1.54, 1.807) is 13.0 Å². The Morgan fingerprint density at radius 2 is 2.06 bits per heavy atom. The number of para-hydroxylation sites is 1. The number of esters is 1. The van der Waals surface area contributed by atoms with Crippen LogP contribution in [0, 0.1) is 0 Å². The van der Waals surface area contributed by atoms with Crippen molar-refractivity contribution in [2.45, 2.75) is 6.92 Å². The first-order valence-corrected chi connectivity index (χ1v) is 5.87. The average Bonchev–Trinajstić information content (AvgIpc) is 2.42. The van der Waals surface area contributed by atoms with Gasteiger partial charge in [-0.3, -0.25) is 0 Å². The topological polar surface area (TPSA) is 47.6 Å². The number of nitrogens with one attached hydrogen (secondary N) is 1. The molecule has 0 atom stereocenters. The first-order chi connectivity index (χ1) is 8.74. The molecule has 1 aromatic rings. The SMILES string of the molecule is COC(=O)/C(C)=C/CNCCOc1ccccc1. The fraction of sp³-hybridized carbons (Fsp3) is 0.357. The second-order valence-corrected chi connectivity index (χ2v) is 3.74. The molecule has 0 heterocycles.